The summed E-state index contributed by atoms with van der Waals surface area (Å²) in [5.74, 6) is 1.68. The van der Waals surface area contributed by atoms with Crippen LogP contribution in [0.15, 0.2) is 39.8 Å². The largest absolute Gasteiger partial charge is 0.324 e. The lowest BCUT2D eigenvalue weighted by Gasteiger charge is -2.12. The van der Waals surface area contributed by atoms with Crippen LogP contribution in [0.1, 0.15) is 42.4 Å². The molecule has 1 aliphatic carbocycles. The van der Waals surface area contributed by atoms with E-state index in [9.17, 15) is 0 Å². The summed E-state index contributed by atoms with van der Waals surface area (Å²) in [5.41, 5.74) is 8.48. The van der Waals surface area contributed by atoms with Gasteiger partial charge in [-0.2, -0.15) is 0 Å². The summed E-state index contributed by atoms with van der Waals surface area (Å²) in [6.07, 6.45) is 6.36. The first-order valence-corrected chi connectivity index (χ1v) is 8.99. The fourth-order valence-electron chi connectivity index (χ4n) is 2.56. The topological polar surface area (TPSA) is 51.8 Å². The highest BCUT2D eigenvalue weighted by molar-refractivity contribution is 9.10. The highest BCUT2D eigenvalue weighted by Gasteiger charge is 2.17. The summed E-state index contributed by atoms with van der Waals surface area (Å²) >= 11 is 5.32. The predicted octanol–water partition coefficient (Wildman–Crippen LogP) is 4.26. The summed E-state index contributed by atoms with van der Waals surface area (Å²) in [5, 5.41) is 0. The molecule has 0 bridgehead atoms. The maximum Gasteiger partial charge on any atom is 0.138 e. The van der Waals surface area contributed by atoms with Crippen LogP contribution in [-0.4, -0.2) is 9.97 Å². The van der Waals surface area contributed by atoms with Gasteiger partial charge in [-0.15, -0.1) is 11.8 Å². The third kappa shape index (κ3) is 3.65. The average molecular weight is 364 g/mol. The molecule has 0 radical (unpaired) electrons. The van der Waals surface area contributed by atoms with E-state index in [2.05, 4.69) is 33.0 Å². The van der Waals surface area contributed by atoms with Gasteiger partial charge in [0.2, 0.25) is 0 Å². The molecule has 1 aromatic carbocycles. The normalized spacial score (nSPS) is 18.1. The number of benzene rings is 1. The Morgan fingerprint density at radius 2 is 2.14 bits per heavy atom. The van der Waals surface area contributed by atoms with E-state index in [-0.39, 0.29) is 6.04 Å². The summed E-state index contributed by atoms with van der Waals surface area (Å²) in [4.78, 5) is 10.5. The Hall–Kier alpha value is -0.910. The van der Waals surface area contributed by atoms with Crippen LogP contribution < -0.4 is 5.73 Å². The van der Waals surface area contributed by atoms with E-state index < -0.39 is 0 Å². The molecule has 0 aliphatic heterocycles. The van der Waals surface area contributed by atoms with Crippen LogP contribution in [0.4, 0.5) is 0 Å². The minimum absolute atomic E-state index is 0.104. The minimum Gasteiger partial charge on any atom is -0.324 e. The van der Waals surface area contributed by atoms with Crippen molar-refractivity contribution in [3.8, 4) is 0 Å². The molecular formula is C16H18BrN3S. The quantitative estimate of drug-likeness (QED) is 0.653. The Morgan fingerprint density at radius 1 is 1.29 bits per heavy atom. The highest BCUT2D eigenvalue weighted by atomic mass is 79.9. The molecular weight excluding hydrogens is 346 g/mol. The van der Waals surface area contributed by atoms with Gasteiger partial charge in [0.25, 0.3) is 0 Å². The van der Waals surface area contributed by atoms with Gasteiger partial charge in [0.15, 0.2) is 0 Å². The molecule has 0 saturated carbocycles. The summed E-state index contributed by atoms with van der Waals surface area (Å²) in [6, 6.07) is 8.33. The molecule has 3 nitrogen and oxygen atoms in total. The first kappa shape index (κ1) is 15.0. The van der Waals surface area contributed by atoms with Gasteiger partial charge in [0, 0.05) is 32.9 Å². The van der Waals surface area contributed by atoms with E-state index >= 15 is 0 Å². The maximum absolute atomic E-state index is 6.19. The molecule has 0 saturated heterocycles. The Balaban J connectivity index is 1.75. The van der Waals surface area contributed by atoms with Crippen molar-refractivity contribution in [3.63, 3.8) is 0 Å². The van der Waals surface area contributed by atoms with Gasteiger partial charge < -0.3 is 5.73 Å². The number of hydrogen-bond donors (Lipinski definition) is 1. The van der Waals surface area contributed by atoms with Crippen LogP contribution in [0, 0.1) is 0 Å². The number of fused-ring (bicyclic) bond motifs is 1. The second kappa shape index (κ2) is 6.90. The fourth-order valence-corrected chi connectivity index (χ4v) is 4.00. The lowest BCUT2D eigenvalue weighted by atomic mass is 10.1. The number of halogens is 1. The van der Waals surface area contributed by atoms with E-state index in [4.69, 9.17) is 10.7 Å². The molecule has 3 rings (SSSR count). The highest BCUT2D eigenvalue weighted by Crippen LogP contribution is 2.30. The molecule has 1 unspecified atom stereocenters. The predicted molar refractivity (Wildman–Crippen MR) is 90.2 cm³/mol. The number of rotatable bonds is 3. The zero-order chi connectivity index (χ0) is 14.7. The van der Waals surface area contributed by atoms with Crippen LogP contribution in [0.2, 0.25) is 0 Å². The fraction of sp³-hybridized carbons (Fsp3) is 0.375. The van der Waals surface area contributed by atoms with Crippen LogP contribution in [0.5, 0.6) is 0 Å². The van der Waals surface area contributed by atoms with Crippen molar-refractivity contribution in [1.82, 2.24) is 9.97 Å². The van der Waals surface area contributed by atoms with Crippen LogP contribution in [0.25, 0.3) is 0 Å². The van der Waals surface area contributed by atoms with Gasteiger partial charge in [-0.25, -0.2) is 9.97 Å². The molecule has 1 heterocycles. The lowest BCUT2D eigenvalue weighted by molar-refractivity contribution is 0.614. The van der Waals surface area contributed by atoms with Crippen LogP contribution in [0.3, 0.4) is 0 Å². The van der Waals surface area contributed by atoms with Gasteiger partial charge in [0.05, 0.1) is 5.75 Å². The van der Waals surface area contributed by atoms with Crippen molar-refractivity contribution in [2.45, 2.75) is 42.4 Å². The number of hydrogen-bond acceptors (Lipinski definition) is 4. The summed E-state index contributed by atoms with van der Waals surface area (Å²) in [6.45, 7) is 0. The molecule has 2 aromatic rings. The zero-order valence-corrected chi connectivity index (χ0v) is 14.2. The first-order chi connectivity index (χ1) is 10.2. The van der Waals surface area contributed by atoms with Crippen molar-refractivity contribution < 1.29 is 0 Å². The van der Waals surface area contributed by atoms with Crippen LogP contribution in [-0.2, 0) is 12.2 Å². The molecule has 110 valence electrons. The zero-order valence-electron chi connectivity index (χ0n) is 11.8. The van der Waals surface area contributed by atoms with Gasteiger partial charge >= 0.3 is 0 Å². The Kier molecular flexibility index (Phi) is 4.93. The van der Waals surface area contributed by atoms with Crippen molar-refractivity contribution >= 4 is 27.7 Å². The third-order valence-electron chi connectivity index (χ3n) is 3.72. The Bertz CT molecular complexity index is 633. The molecule has 21 heavy (non-hydrogen) atoms. The summed E-state index contributed by atoms with van der Waals surface area (Å²) in [7, 11) is 0. The van der Waals surface area contributed by atoms with E-state index in [0.717, 1.165) is 40.1 Å². The third-order valence-corrected chi connectivity index (χ3v) is 5.74. The smallest absolute Gasteiger partial charge is 0.138 e. The first-order valence-electron chi connectivity index (χ1n) is 7.21. The van der Waals surface area contributed by atoms with Crippen molar-refractivity contribution in [1.29, 1.82) is 0 Å². The number of thioether (sulfide) groups is 1. The number of nitrogens with zero attached hydrogens (tertiary/aromatic N) is 2. The molecule has 1 aromatic heterocycles. The molecule has 0 amide bonds. The molecule has 0 spiro atoms. The van der Waals surface area contributed by atoms with E-state index in [1.165, 1.54) is 17.7 Å². The number of aryl methyl sites for hydroxylation is 1. The molecule has 2 N–H and O–H groups in total. The maximum atomic E-state index is 6.19. The molecule has 5 heteroatoms. The SMILES string of the molecule is NC1CCCCc2nc(CSc3ccccc3Br)ncc21. The number of aromatic nitrogens is 2. The minimum atomic E-state index is 0.104. The van der Waals surface area contributed by atoms with Crippen molar-refractivity contribution in [3.05, 3.63) is 52.0 Å². The lowest BCUT2D eigenvalue weighted by Crippen LogP contribution is -2.13. The second-order valence-electron chi connectivity index (χ2n) is 5.26. The van der Waals surface area contributed by atoms with E-state index in [1.54, 1.807) is 11.8 Å². The molecule has 0 fully saturated rings. The van der Waals surface area contributed by atoms with E-state index in [1.807, 2.05) is 18.3 Å². The van der Waals surface area contributed by atoms with Crippen molar-refractivity contribution in [2.24, 2.45) is 5.73 Å². The monoisotopic (exact) mass is 363 g/mol. The van der Waals surface area contributed by atoms with Gasteiger partial charge in [0.1, 0.15) is 5.82 Å². The average Bonchev–Trinajstić information content (AvgIpc) is 2.68. The molecule has 1 aliphatic rings. The molecule has 1 atom stereocenters. The van der Waals surface area contributed by atoms with E-state index in [0.29, 0.717) is 0 Å². The standard InChI is InChI=1S/C16H18BrN3S/c17-12-5-1-4-8-15(12)21-10-16-19-9-11-13(18)6-2-3-7-14(11)20-16/h1,4-5,8-9,13H,2-3,6-7,10,18H2. The summed E-state index contributed by atoms with van der Waals surface area (Å²) < 4.78 is 1.12. The Morgan fingerprint density at radius 3 is 3.00 bits per heavy atom. The van der Waals surface area contributed by atoms with Gasteiger partial charge in [-0.1, -0.05) is 18.6 Å². The van der Waals surface area contributed by atoms with Gasteiger partial charge in [-0.3, -0.25) is 0 Å². The number of nitrogens with two attached hydrogens (primary N) is 1. The van der Waals surface area contributed by atoms with Crippen LogP contribution >= 0.6 is 27.7 Å². The van der Waals surface area contributed by atoms with Gasteiger partial charge in [-0.05, 0) is 47.3 Å². The van der Waals surface area contributed by atoms with Crippen molar-refractivity contribution in [2.75, 3.05) is 0 Å². The Labute approximate surface area is 137 Å². The second-order valence-corrected chi connectivity index (χ2v) is 7.13.